The van der Waals surface area contributed by atoms with Gasteiger partial charge in [0.1, 0.15) is 0 Å². The Morgan fingerprint density at radius 3 is 2.24 bits per heavy atom. The number of hydrogen-bond donors (Lipinski definition) is 2. The smallest absolute Gasteiger partial charge is 0.0799 e. The second-order valence-electron chi connectivity index (χ2n) is 7.11. The van der Waals surface area contributed by atoms with Gasteiger partial charge in [0.2, 0.25) is 0 Å². The van der Waals surface area contributed by atoms with E-state index in [1.807, 2.05) is 6.92 Å². The minimum absolute atomic E-state index is 0.143. The van der Waals surface area contributed by atoms with E-state index in [0.29, 0.717) is 12.6 Å². The van der Waals surface area contributed by atoms with Crippen LogP contribution in [0.2, 0.25) is 0 Å². The zero-order valence-corrected chi connectivity index (χ0v) is 12.4. The molecule has 0 aliphatic carbocycles. The van der Waals surface area contributed by atoms with Crippen LogP contribution in [0.5, 0.6) is 0 Å². The highest BCUT2D eigenvalue weighted by Gasteiger charge is 2.52. The molecule has 0 amide bonds. The summed E-state index contributed by atoms with van der Waals surface area (Å²) in [6, 6.07) is 0.389. The fourth-order valence-corrected chi connectivity index (χ4v) is 3.06. The molecule has 3 heteroatoms. The van der Waals surface area contributed by atoms with Crippen molar-refractivity contribution in [1.82, 2.24) is 5.32 Å². The molecular formula is C14H29NO2. The molecule has 17 heavy (non-hydrogen) atoms. The molecule has 0 aromatic carbocycles. The van der Waals surface area contributed by atoms with Crippen molar-refractivity contribution in [3.63, 3.8) is 0 Å². The lowest BCUT2D eigenvalue weighted by Crippen LogP contribution is -2.51. The van der Waals surface area contributed by atoms with Crippen LogP contribution >= 0.6 is 0 Å². The third kappa shape index (κ3) is 3.67. The van der Waals surface area contributed by atoms with Gasteiger partial charge in [-0.25, -0.2) is 0 Å². The van der Waals surface area contributed by atoms with Crippen LogP contribution < -0.4 is 5.32 Å². The van der Waals surface area contributed by atoms with E-state index < -0.39 is 5.60 Å². The highest BCUT2D eigenvalue weighted by molar-refractivity contribution is 5.03. The van der Waals surface area contributed by atoms with E-state index >= 15 is 0 Å². The lowest BCUT2D eigenvalue weighted by atomic mass is 9.75. The molecule has 1 aliphatic rings. The van der Waals surface area contributed by atoms with E-state index in [1.165, 1.54) is 0 Å². The van der Waals surface area contributed by atoms with Crippen LogP contribution in [0.3, 0.4) is 0 Å². The number of ether oxygens (including phenoxy) is 1. The highest BCUT2D eigenvalue weighted by atomic mass is 16.5. The maximum Gasteiger partial charge on any atom is 0.0799 e. The SMILES string of the molecule is CC(C)NCC(C)(O)C1CC(C)(C)OC1(C)C. The summed E-state index contributed by atoms with van der Waals surface area (Å²) in [6.07, 6.45) is 0.896. The summed E-state index contributed by atoms with van der Waals surface area (Å²) in [5.74, 6) is 0.149. The molecule has 2 N–H and O–H groups in total. The zero-order chi connectivity index (χ0) is 13.5. The summed E-state index contributed by atoms with van der Waals surface area (Å²) < 4.78 is 6.05. The van der Waals surface area contributed by atoms with Crippen molar-refractivity contribution in [3.05, 3.63) is 0 Å². The van der Waals surface area contributed by atoms with Gasteiger partial charge in [-0.2, -0.15) is 0 Å². The van der Waals surface area contributed by atoms with E-state index in [-0.39, 0.29) is 17.1 Å². The lowest BCUT2D eigenvalue weighted by molar-refractivity contribution is -0.107. The van der Waals surface area contributed by atoms with Crippen molar-refractivity contribution in [2.75, 3.05) is 6.54 Å². The molecule has 1 rings (SSSR count). The maximum atomic E-state index is 10.7. The molecule has 1 saturated heterocycles. The minimum atomic E-state index is -0.735. The van der Waals surface area contributed by atoms with Gasteiger partial charge < -0.3 is 15.2 Å². The summed E-state index contributed by atoms with van der Waals surface area (Å²) in [5.41, 5.74) is -1.15. The zero-order valence-electron chi connectivity index (χ0n) is 12.4. The minimum Gasteiger partial charge on any atom is -0.388 e. The number of nitrogens with one attached hydrogen (secondary N) is 1. The van der Waals surface area contributed by atoms with Crippen LogP contribution in [-0.4, -0.2) is 34.5 Å². The van der Waals surface area contributed by atoms with Gasteiger partial charge in [0.15, 0.2) is 0 Å². The van der Waals surface area contributed by atoms with Gasteiger partial charge in [-0.05, 0) is 41.0 Å². The molecule has 1 heterocycles. The predicted molar refractivity (Wildman–Crippen MR) is 71.1 cm³/mol. The molecule has 1 aliphatic heterocycles. The maximum absolute atomic E-state index is 10.7. The number of hydrogen-bond acceptors (Lipinski definition) is 3. The molecule has 0 saturated carbocycles. The Morgan fingerprint density at radius 2 is 1.88 bits per heavy atom. The summed E-state index contributed by atoms with van der Waals surface area (Å²) in [6.45, 7) is 15.1. The quantitative estimate of drug-likeness (QED) is 0.796. The van der Waals surface area contributed by atoms with Crippen molar-refractivity contribution >= 4 is 0 Å². The molecule has 0 radical (unpaired) electrons. The van der Waals surface area contributed by atoms with Gasteiger partial charge in [-0.1, -0.05) is 13.8 Å². The number of aliphatic hydroxyl groups is 1. The number of rotatable bonds is 4. The van der Waals surface area contributed by atoms with Gasteiger partial charge in [0.25, 0.3) is 0 Å². The molecule has 0 aromatic rings. The van der Waals surface area contributed by atoms with Gasteiger partial charge in [0, 0.05) is 18.5 Å². The van der Waals surface area contributed by atoms with E-state index in [4.69, 9.17) is 4.74 Å². The first-order valence-electron chi connectivity index (χ1n) is 6.62. The van der Waals surface area contributed by atoms with E-state index in [0.717, 1.165) is 6.42 Å². The molecule has 1 fully saturated rings. The van der Waals surface area contributed by atoms with Crippen LogP contribution in [0.4, 0.5) is 0 Å². The Balaban J connectivity index is 2.77. The highest BCUT2D eigenvalue weighted by Crippen LogP contribution is 2.46. The second kappa shape index (κ2) is 4.52. The van der Waals surface area contributed by atoms with Crippen molar-refractivity contribution in [2.45, 2.75) is 77.7 Å². The molecule has 3 nitrogen and oxygen atoms in total. The summed E-state index contributed by atoms with van der Waals surface area (Å²) in [7, 11) is 0. The molecular weight excluding hydrogens is 214 g/mol. The molecule has 0 aromatic heterocycles. The Labute approximate surface area is 106 Å². The van der Waals surface area contributed by atoms with Crippen LogP contribution in [-0.2, 0) is 4.74 Å². The van der Waals surface area contributed by atoms with Crippen molar-refractivity contribution in [3.8, 4) is 0 Å². The van der Waals surface area contributed by atoms with Crippen LogP contribution in [0.1, 0.15) is 54.9 Å². The second-order valence-corrected chi connectivity index (χ2v) is 7.11. The molecule has 2 atom stereocenters. The van der Waals surface area contributed by atoms with Crippen molar-refractivity contribution in [1.29, 1.82) is 0 Å². The summed E-state index contributed by atoms with van der Waals surface area (Å²) in [4.78, 5) is 0. The lowest BCUT2D eigenvalue weighted by Gasteiger charge is -2.38. The van der Waals surface area contributed by atoms with Gasteiger partial charge in [-0.3, -0.25) is 0 Å². The Hall–Kier alpha value is -0.120. The molecule has 2 unspecified atom stereocenters. The third-order valence-electron chi connectivity index (χ3n) is 3.69. The Morgan fingerprint density at radius 1 is 1.35 bits per heavy atom. The Bertz CT molecular complexity index is 269. The Kier molecular flexibility index (Phi) is 3.98. The molecule has 0 bridgehead atoms. The van der Waals surface area contributed by atoms with E-state index in [9.17, 15) is 5.11 Å². The topological polar surface area (TPSA) is 41.5 Å². The van der Waals surface area contributed by atoms with Crippen LogP contribution in [0.25, 0.3) is 0 Å². The predicted octanol–water partition coefficient (Wildman–Crippen LogP) is 2.33. The summed E-state index contributed by atoms with van der Waals surface area (Å²) >= 11 is 0. The first-order valence-corrected chi connectivity index (χ1v) is 6.62. The first-order chi connectivity index (χ1) is 7.46. The monoisotopic (exact) mass is 243 g/mol. The van der Waals surface area contributed by atoms with Crippen LogP contribution in [0, 0.1) is 5.92 Å². The molecule has 0 spiro atoms. The van der Waals surface area contributed by atoms with Crippen LogP contribution in [0.15, 0.2) is 0 Å². The largest absolute Gasteiger partial charge is 0.388 e. The van der Waals surface area contributed by atoms with E-state index in [2.05, 4.69) is 46.9 Å². The molecule has 102 valence electrons. The standard InChI is InChI=1S/C14H29NO2/c1-10(2)15-9-14(7,16)11-8-12(3,4)17-13(11,5)6/h10-11,15-16H,8-9H2,1-7H3. The fourth-order valence-electron chi connectivity index (χ4n) is 3.06. The van der Waals surface area contributed by atoms with Gasteiger partial charge >= 0.3 is 0 Å². The van der Waals surface area contributed by atoms with Crippen molar-refractivity contribution < 1.29 is 9.84 Å². The van der Waals surface area contributed by atoms with E-state index in [1.54, 1.807) is 0 Å². The first kappa shape index (κ1) is 14.9. The van der Waals surface area contributed by atoms with Crippen molar-refractivity contribution in [2.24, 2.45) is 5.92 Å². The average molecular weight is 243 g/mol. The normalized spacial score (nSPS) is 30.5. The third-order valence-corrected chi connectivity index (χ3v) is 3.69. The summed E-state index contributed by atoms with van der Waals surface area (Å²) in [5, 5.41) is 14.0. The fraction of sp³-hybridized carbons (Fsp3) is 1.00. The average Bonchev–Trinajstić information content (AvgIpc) is 2.31. The van der Waals surface area contributed by atoms with Gasteiger partial charge in [-0.15, -0.1) is 0 Å². The van der Waals surface area contributed by atoms with Gasteiger partial charge in [0.05, 0.1) is 16.8 Å².